The van der Waals surface area contributed by atoms with Crippen LogP contribution in [0, 0.1) is 29.2 Å². The average Bonchev–Trinajstić information content (AvgIpc) is 3.70. The molecule has 2 aromatic rings. The third-order valence-electron chi connectivity index (χ3n) is 12.2. The van der Waals surface area contributed by atoms with E-state index >= 15 is 0 Å². The van der Waals surface area contributed by atoms with E-state index < -0.39 is 56.4 Å². The maximum atomic E-state index is 14.0. The number of aliphatic imine (C=N–C) groups is 1. The predicted molar refractivity (Wildman–Crippen MR) is 280 cm³/mol. The Bertz CT molecular complexity index is 2390. The summed E-state index contributed by atoms with van der Waals surface area (Å²) < 4.78 is 145. The van der Waals surface area contributed by atoms with Crippen molar-refractivity contribution in [1.29, 1.82) is 0 Å². The molecule has 5 rings (SSSR count). The fourth-order valence-corrected chi connectivity index (χ4v) is 10.1. The Labute approximate surface area is 467 Å². The van der Waals surface area contributed by atoms with Gasteiger partial charge in [0.15, 0.2) is 16.5 Å². The molecule has 0 radical (unpaired) electrons. The van der Waals surface area contributed by atoms with Crippen LogP contribution >= 0.6 is 11.3 Å². The van der Waals surface area contributed by atoms with Gasteiger partial charge >= 0.3 is 16.1 Å². The van der Waals surface area contributed by atoms with E-state index in [1.807, 2.05) is 24.8 Å². The van der Waals surface area contributed by atoms with Gasteiger partial charge in [-0.15, -0.1) is 11.3 Å². The molecule has 2 fully saturated rings. The topological polar surface area (TPSA) is 264 Å². The molecule has 2 saturated heterocycles. The number of hydrogen-bond acceptors (Lipinski definition) is 21. The predicted octanol–water partition coefficient (Wildman–Crippen LogP) is 4.10. The van der Waals surface area contributed by atoms with E-state index in [0.29, 0.717) is 136 Å². The van der Waals surface area contributed by atoms with E-state index in [9.17, 15) is 40.4 Å². The average molecular weight is 1190 g/mol. The molecule has 29 heteroatoms. The van der Waals surface area contributed by atoms with Crippen LogP contribution in [0.5, 0.6) is 5.75 Å². The molecule has 1 aromatic carbocycles. The van der Waals surface area contributed by atoms with Gasteiger partial charge in [0.05, 0.1) is 162 Å². The van der Waals surface area contributed by atoms with Crippen LogP contribution in [0.3, 0.4) is 0 Å². The zero-order valence-electron chi connectivity index (χ0n) is 45.3. The molecule has 452 valence electrons. The number of carbonyl (C=O) groups excluding carboxylic acids is 3. The highest BCUT2D eigenvalue weighted by molar-refractivity contribution is 7.85. The Morgan fingerprint density at radius 2 is 1.19 bits per heavy atom. The SMILES string of the molecule is CCCN(OCC)C(=O)C1=Cc2sc(CN3CC[C@@H]4[C@H](C3)CN4C(=O)CCOCCOCCOCCOCCOCCOCCOCCOCCOCCOCCC(=O)Oc3c(F)c(F)c(S(=O)(=O)O)c(F)c3F)cc2N=C(N)C1. The van der Waals surface area contributed by atoms with E-state index in [-0.39, 0.29) is 57.3 Å². The monoisotopic (exact) mass is 1190 g/mol. The number of nitrogens with two attached hydrogens (primary N) is 1. The quantitative estimate of drug-likeness (QED) is 0.0180. The van der Waals surface area contributed by atoms with Gasteiger partial charge in [0.2, 0.25) is 23.3 Å². The van der Waals surface area contributed by atoms with Gasteiger partial charge in [-0.3, -0.25) is 28.7 Å². The number of likely N-dealkylation sites (tertiary alicyclic amines) is 2. The molecule has 2 amide bonds. The van der Waals surface area contributed by atoms with E-state index in [2.05, 4.69) is 20.7 Å². The number of ether oxygens (including phenoxy) is 11. The minimum atomic E-state index is -5.65. The van der Waals surface area contributed by atoms with Crippen molar-refractivity contribution in [2.75, 3.05) is 165 Å². The summed E-state index contributed by atoms with van der Waals surface area (Å²) in [6.07, 6.45) is 3.65. The number of amides is 2. The largest absolute Gasteiger partial charge is 0.420 e. The zero-order valence-corrected chi connectivity index (χ0v) is 46.9. The van der Waals surface area contributed by atoms with Crippen LogP contribution in [0.1, 0.15) is 55.7 Å². The van der Waals surface area contributed by atoms with Crippen molar-refractivity contribution < 1.29 is 102 Å². The first-order chi connectivity index (χ1) is 38.6. The van der Waals surface area contributed by atoms with Crippen molar-refractivity contribution in [3.05, 3.63) is 44.7 Å². The van der Waals surface area contributed by atoms with Gasteiger partial charge in [0, 0.05) is 61.6 Å². The number of halogens is 4. The molecule has 0 bridgehead atoms. The van der Waals surface area contributed by atoms with Crippen LogP contribution in [0.25, 0.3) is 6.08 Å². The lowest BCUT2D eigenvalue weighted by atomic mass is 9.82. The number of nitrogens with zero attached hydrogens (tertiary/aromatic N) is 4. The fourth-order valence-electron chi connectivity index (χ4n) is 8.39. The highest BCUT2D eigenvalue weighted by Crippen LogP contribution is 2.38. The van der Waals surface area contributed by atoms with Crippen molar-refractivity contribution in [3.63, 3.8) is 0 Å². The highest BCUT2D eigenvalue weighted by atomic mass is 32.2. The summed E-state index contributed by atoms with van der Waals surface area (Å²) in [5.74, 6) is -11.9. The molecule has 80 heavy (non-hydrogen) atoms. The highest BCUT2D eigenvalue weighted by Gasteiger charge is 2.44. The van der Waals surface area contributed by atoms with Crippen LogP contribution in [0.4, 0.5) is 23.2 Å². The lowest BCUT2D eigenvalue weighted by Gasteiger charge is -2.53. The molecule has 0 unspecified atom stereocenters. The Morgan fingerprint density at radius 1 is 0.713 bits per heavy atom. The fraction of sp³-hybridized carbons (Fsp3) is 0.686. The first-order valence-electron chi connectivity index (χ1n) is 26.6. The van der Waals surface area contributed by atoms with Crippen LogP contribution in [0.15, 0.2) is 21.5 Å². The van der Waals surface area contributed by atoms with Crippen LogP contribution in [-0.4, -0.2) is 222 Å². The molecule has 3 aliphatic rings. The van der Waals surface area contributed by atoms with E-state index in [4.69, 9.17) is 62.5 Å². The van der Waals surface area contributed by atoms with Crippen molar-refractivity contribution in [3.8, 4) is 5.75 Å². The summed E-state index contributed by atoms with van der Waals surface area (Å²) in [6.45, 7) is 14.3. The molecule has 3 N–H and O–H groups in total. The summed E-state index contributed by atoms with van der Waals surface area (Å²) in [7, 11) is -5.65. The number of amidine groups is 1. The number of fused-ring (bicyclic) bond motifs is 2. The van der Waals surface area contributed by atoms with Crippen molar-refractivity contribution in [2.45, 2.75) is 63.4 Å². The summed E-state index contributed by atoms with van der Waals surface area (Å²) in [5, 5.41) is 1.42. The molecule has 0 spiro atoms. The molecule has 23 nitrogen and oxygen atoms in total. The first kappa shape index (κ1) is 66.5. The summed E-state index contributed by atoms with van der Waals surface area (Å²) in [5.41, 5.74) is 7.60. The smallest absolute Gasteiger partial charge is 0.313 e. The number of hydrogen-bond donors (Lipinski definition) is 2. The molecule has 4 heterocycles. The third-order valence-corrected chi connectivity index (χ3v) is 14.1. The van der Waals surface area contributed by atoms with Gasteiger partial charge in [-0.2, -0.15) is 17.2 Å². The molecule has 3 aliphatic heterocycles. The second-order valence-electron chi connectivity index (χ2n) is 18.1. The minimum absolute atomic E-state index is 0.0200. The Balaban J connectivity index is 0.727. The van der Waals surface area contributed by atoms with E-state index in [1.165, 1.54) is 5.06 Å². The van der Waals surface area contributed by atoms with Gasteiger partial charge in [-0.1, -0.05) is 6.92 Å². The van der Waals surface area contributed by atoms with Crippen LogP contribution in [-0.2, 0) is 83.3 Å². The number of thiophene rings is 1. The maximum Gasteiger partial charge on any atom is 0.313 e. The number of benzene rings is 1. The Kier molecular flexibility index (Phi) is 30.2. The number of carbonyl (C=O) groups is 3. The lowest BCUT2D eigenvalue weighted by Crippen LogP contribution is -2.64. The number of piperidine rings is 1. The Hall–Kier alpha value is -4.31. The maximum absolute atomic E-state index is 14.0. The number of hydroxylamine groups is 2. The normalized spacial score (nSPS) is 16.4. The molecule has 2 atom stereocenters. The van der Waals surface area contributed by atoms with Gasteiger partial charge in [0.25, 0.3) is 5.91 Å². The van der Waals surface area contributed by atoms with Crippen LogP contribution < -0.4 is 10.5 Å². The first-order valence-corrected chi connectivity index (χ1v) is 28.8. The van der Waals surface area contributed by atoms with E-state index in [1.54, 1.807) is 11.3 Å². The second-order valence-corrected chi connectivity index (χ2v) is 20.6. The van der Waals surface area contributed by atoms with Crippen molar-refractivity contribution in [1.82, 2.24) is 14.9 Å². The van der Waals surface area contributed by atoms with E-state index in [0.717, 1.165) is 54.5 Å². The zero-order chi connectivity index (χ0) is 57.7. The molecular weight excluding hydrogens is 1110 g/mol. The molecule has 0 aliphatic carbocycles. The standard InChI is InChI=1S/C51H75F4N5O18S2/c1-3-8-60(77-4-2)51(63)36-30-41-39(57-42(56)31-36)32-38(79-41)35-58-9-5-40-37(33-58)34-59(40)43(61)6-10-67-12-14-69-16-18-71-20-22-73-24-26-75-28-29-76-27-25-74-23-21-72-19-17-70-15-13-68-11-7-44(62)78-49-45(52)47(54)50(80(64,65)66)48(55)46(49)53/h30,32,37,40H,3-29,31,33-35H2,1-2H3,(H2,56,57)(H,64,65,66)/t37-,40-/m1/s1. The van der Waals surface area contributed by atoms with Crippen molar-refractivity contribution in [2.24, 2.45) is 16.6 Å². The number of esters is 1. The van der Waals surface area contributed by atoms with Gasteiger partial charge in [-0.05, 0) is 31.9 Å². The van der Waals surface area contributed by atoms with Gasteiger partial charge < -0.3 is 62.7 Å². The van der Waals surface area contributed by atoms with Gasteiger partial charge in [0.1, 0.15) is 5.84 Å². The minimum Gasteiger partial charge on any atom is -0.420 e. The molecular formula is C51H75F4N5O18S2. The number of rotatable bonds is 42. The lowest BCUT2D eigenvalue weighted by molar-refractivity contribution is -0.180. The summed E-state index contributed by atoms with van der Waals surface area (Å²) >= 11 is 1.63. The molecule has 0 saturated carbocycles. The van der Waals surface area contributed by atoms with Crippen LogP contribution in [0.2, 0.25) is 0 Å². The van der Waals surface area contributed by atoms with Gasteiger partial charge in [-0.25, -0.2) is 18.8 Å². The van der Waals surface area contributed by atoms with Crippen molar-refractivity contribution >= 4 is 56.8 Å². The third kappa shape index (κ3) is 22.5. The summed E-state index contributed by atoms with van der Waals surface area (Å²) in [6, 6.07) is 2.33. The Morgan fingerprint density at radius 3 is 1.64 bits per heavy atom. The molecule has 1 aromatic heterocycles. The summed E-state index contributed by atoms with van der Waals surface area (Å²) in [4.78, 5) is 52.6. The second kappa shape index (κ2) is 36.3.